The summed E-state index contributed by atoms with van der Waals surface area (Å²) in [5.41, 5.74) is 0. The van der Waals surface area contributed by atoms with Crippen molar-refractivity contribution in [3.8, 4) is 0 Å². The molecule has 0 aromatic rings. The van der Waals surface area contributed by atoms with E-state index in [0.717, 1.165) is 0 Å². The van der Waals surface area contributed by atoms with Crippen LogP contribution in [0.1, 0.15) is 0 Å². The van der Waals surface area contributed by atoms with Crippen LogP contribution in [-0.4, -0.2) is 98.1 Å². The fraction of sp³-hybridized carbons (Fsp3) is 0.833. The summed E-state index contributed by atoms with van der Waals surface area (Å²) in [4.78, 5) is 29.1. The number of rotatable bonds is 5. The Morgan fingerprint density at radius 1 is 1.21 bits per heavy atom. The van der Waals surface area contributed by atoms with Gasteiger partial charge in [-0.15, -0.1) is 0 Å². The van der Waals surface area contributed by atoms with Crippen molar-refractivity contribution in [2.24, 2.45) is 0 Å². The Bertz CT molecular complexity index is 301. The lowest BCUT2D eigenvalue weighted by Gasteiger charge is -2.33. The molecule has 1 heterocycles. The Balaban J connectivity index is 2.28. The van der Waals surface area contributed by atoms with E-state index in [0.29, 0.717) is 45.8 Å². The van der Waals surface area contributed by atoms with Crippen molar-refractivity contribution in [1.29, 1.82) is 0 Å². The quantitative estimate of drug-likeness (QED) is 0.556. The van der Waals surface area contributed by atoms with Gasteiger partial charge in [0, 0.05) is 45.8 Å². The molecule has 0 aromatic heterocycles. The number of amides is 2. The van der Waals surface area contributed by atoms with Crippen molar-refractivity contribution in [1.82, 2.24) is 20.0 Å². The van der Waals surface area contributed by atoms with Crippen LogP contribution >= 0.6 is 0 Å². The zero-order valence-electron chi connectivity index (χ0n) is 11.8. The van der Waals surface area contributed by atoms with Gasteiger partial charge < -0.3 is 20.2 Å². The second-order valence-corrected chi connectivity index (χ2v) is 4.92. The summed E-state index contributed by atoms with van der Waals surface area (Å²) in [5.74, 6) is -0.986. The van der Waals surface area contributed by atoms with Crippen molar-refractivity contribution < 1.29 is 14.7 Å². The number of carbonyl (C=O) groups is 2. The van der Waals surface area contributed by atoms with Crippen LogP contribution in [0.25, 0.3) is 0 Å². The van der Waals surface area contributed by atoms with Gasteiger partial charge in [-0.2, -0.15) is 0 Å². The lowest BCUT2D eigenvalue weighted by atomic mass is 10.3. The van der Waals surface area contributed by atoms with Gasteiger partial charge in [0.1, 0.15) is 0 Å². The topological polar surface area (TPSA) is 76.1 Å². The van der Waals surface area contributed by atoms with Crippen molar-refractivity contribution in [2.45, 2.75) is 0 Å². The zero-order valence-corrected chi connectivity index (χ0v) is 11.8. The monoisotopic (exact) mass is 272 g/mol. The lowest BCUT2D eigenvalue weighted by molar-refractivity contribution is -0.147. The molecule has 0 bridgehead atoms. The van der Waals surface area contributed by atoms with E-state index in [4.69, 9.17) is 5.11 Å². The Morgan fingerprint density at radius 2 is 1.84 bits per heavy atom. The minimum Gasteiger partial charge on any atom is -0.395 e. The summed E-state index contributed by atoms with van der Waals surface area (Å²) in [6, 6.07) is 0. The summed E-state index contributed by atoms with van der Waals surface area (Å²) in [7, 11) is 3.82. The average Bonchev–Trinajstić information content (AvgIpc) is 2.38. The number of nitrogens with zero attached hydrogens (tertiary/aromatic N) is 3. The van der Waals surface area contributed by atoms with E-state index in [1.54, 1.807) is 4.90 Å². The summed E-state index contributed by atoms with van der Waals surface area (Å²) in [6.45, 7) is 4.43. The molecular formula is C12H24N4O3. The molecular weight excluding hydrogens is 248 g/mol. The van der Waals surface area contributed by atoms with Crippen molar-refractivity contribution in [3.05, 3.63) is 0 Å². The molecule has 1 fully saturated rings. The van der Waals surface area contributed by atoms with E-state index in [-0.39, 0.29) is 6.61 Å². The van der Waals surface area contributed by atoms with Crippen LogP contribution in [-0.2, 0) is 9.59 Å². The highest BCUT2D eigenvalue weighted by atomic mass is 16.3. The third kappa shape index (κ3) is 5.54. The molecule has 0 saturated carbocycles. The van der Waals surface area contributed by atoms with E-state index in [1.165, 1.54) is 0 Å². The van der Waals surface area contributed by atoms with E-state index in [2.05, 4.69) is 10.2 Å². The lowest BCUT2D eigenvalue weighted by Crippen LogP contribution is -2.53. The summed E-state index contributed by atoms with van der Waals surface area (Å²) in [6.07, 6.45) is 0. The Labute approximate surface area is 114 Å². The first-order valence-electron chi connectivity index (χ1n) is 6.59. The van der Waals surface area contributed by atoms with Crippen LogP contribution < -0.4 is 5.32 Å². The van der Waals surface area contributed by atoms with Crippen LogP contribution in [0.5, 0.6) is 0 Å². The third-order valence-corrected chi connectivity index (χ3v) is 3.11. The average molecular weight is 272 g/mol. The summed E-state index contributed by atoms with van der Waals surface area (Å²) >= 11 is 0. The minimum atomic E-state index is -0.530. The largest absolute Gasteiger partial charge is 0.395 e. The highest BCUT2D eigenvalue weighted by Gasteiger charge is 2.25. The molecule has 2 amide bonds. The number of aliphatic hydroxyl groups excluding tert-OH is 1. The standard InChI is InChI=1S/C12H24N4O3/c1-14(2)4-3-13-11(18)12(19)16-7-5-15(6-8-16)9-10-17/h17H,3-10H2,1-2H3,(H,13,18). The fourth-order valence-corrected chi connectivity index (χ4v) is 1.93. The number of piperazine rings is 1. The van der Waals surface area contributed by atoms with Gasteiger partial charge in [-0.25, -0.2) is 0 Å². The third-order valence-electron chi connectivity index (χ3n) is 3.11. The maximum atomic E-state index is 11.9. The first-order chi connectivity index (χ1) is 9.04. The van der Waals surface area contributed by atoms with Crippen molar-refractivity contribution >= 4 is 11.8 Å². The Morgan fingerprint density at radius 3 is 2.37 bits per heavy atom. The van der Waals surface area contributed by atoms with E-state index < -0.39 is 11.8 Å². The predicted octanol–water partition coefficient (Wildman–Crippen LogP) is -2.20. The SMILES string of the molecule is CN(C)CCNC(=O)C(=O)N1CCN(CCO)CC1. The molecule has 0 atom stereocenters. The molecule has 1 aliphatic rings. The molecule has 0 spiro atoms. The van der Waals surface area contributed by atoms with Gasteiger partial charge >= 0.3 is 11.8 Å². The zero-order chi connectivity index (χ0) is 14.3. The number of hydrogen-bond acceptors (Lipinski definition) is 5. The second kappa shape index (κ2) is 8.08. The van der Waals surface area contributed by atoms with Crippen LogP contribution in [0.2, 0.25) is 0 Å². The molecule has 0 radical (unpaired) electrons. The molecule has 1 aliphatic heterocycles. The maximum Gasteiger partial charge on any atom is 0.311 e. The van der Waals surface area contributed by atoms with E-state index in [1.807, 2.05) is 19.0 Å². The minimum absolute atomic E-state index is 0.124. The van der Waals surface area contributed by atoms with Gasteiger partial charge in [0.05, 0.1) is 6.61 Å². The highest BCUT2D eigenvalue weighted by Crippen LogP contribution is 2.01. The van der Waals surface area contributed by atoms with E-state index in [9.17, 15) is 9.59 Å². The molecule has 110 valence electrons. The van der Waals surface area contributed by atoms with Crippen LogP contribution in [0.4, 0.5) is 0 Å². The van der Waals surface area contributed by atoms with Crippen LogP contribution in [0, 0.1) is 0 Å². The number of likely N-dealkylation sites (N-methyl/N-ethyl adjacent to an activating group) is 1. The van der Waals surface area contributed by atoms with Crippen LogP contribution in [0.3, 0.4) is 0 Å². The molecule has 7 nitrogen and oxygen atoms in total. The normalized spacial score (nSPS) is 16.7. The highest BCUT2D eigenvalue weighted by molar-refractivity contribution is 6.35. The molecule has 19 heavy (non-hydrogen) atoms. The molecule has 2 N–H and O–H groups in total. The summed E-state index contributed by atoms with van der Waals surface area (Å²) in [5, 5.41) is 11.5. The van der Waals surface area contributed by atoms with Gasteiger partial charge in [0.25, 0.3) is 0 Å². The molecule has 0 aliphatic carbocycles. The van der Waals surface area contributed by atoms with Gasteiger partial charge in [-0.1, -0.05) is 0 Å². The number of β-amino-alcohol motifs (C(OH)–C–C–N with tert-alkyl or cyclic N) is 1. The van der Waals surface area contributed by atoms with Crippen LogP contribution in [0.15, 0.2) is 0 Å². The summed E-state index contributed by atoms with van der Waals surface area (Å²) < 4.78 is 0. The predicted molar refractivity (Wildman–Crippen MR) is 71.7 cm³/mol. The van der Waals surface area contributed by atoms with Crippen molar-refractivity contribution in [2.75, 3.05) is 66.5 Å². The maximum absolute atomic E-state index is 11.9. The van der Waals surface area contributed by atoms with Gasteiger partial charge in [-0.3, -0.25) is 14.5 Å². The van der Waals surface area contributed by atoms with E-state index >= 15 is 0 Å². The van der Waals surface area contributed by atoms with Crippen molar-refractivity contribution in [3.63, 3.8) is 0 Å². The second-order valence-electron chi connectivity index (χ2n) is 4.92. The number of carbonyl (C=O) groups excluding carboxylic acids is 2. The number of nitrogens with one attached hydrogen (secondary N) is 1. The Hall–Kier alpha value is -1.18. The molecule has 1 saturated heterocycles. The molecule has 0 unspecified atom stereocenters. The Kier molecular flexibility index (Phi) is 6.75. The smallest absolute Gasteiger partial charge is 0.311 e. The molecule has 7 heteroatoms. The van der Waals surface area contributed by atoms with Gasteiger partial charge in [0.15, 0.2) is 0 Å². The molecule has 1 rings (SSSR count). The first kappa shape index (κ1) is 15.9. The fourth-order valence-electron chi connectivity index (χ4n) is 1.93. The molecule has 0 aromatic carbocycles. The number of hydrogen-bond donors (Lipinski definition) is 2. The number of aliphatic hydroxyl groups is 1. The van der Waals surface area contributed by atoms with Gasteiger partial charge in [0.2, 0.25) is 0 Å². The van der Waals surface area contributed by atoms with Gasteiger partial charge in [-0.05, 0) is 14.1 Å². The first-order valence-corrected chi connectivity index (χ1v) is 6.59.